The predicted molar refractivity (Wildman–Crippen MR) is 58.5 cm³/mol. The number of nitrogens with one attached hydrogen (secondary N) is 1. The van der Waals surface area contributed by atoms with Crippen LogP contribution in [-0.4, -0.2) is 43.3 Å². The van der Waals surface area contributed by atoms with Gasteiger partial charge in [-0.15, -0.1) is 12.3 Å². The lowest BCUT2D eigenvalue weighted by Gasteiger charge is -2.28. The number of carbonyl (C=O) groups is 1. The Morgan fingerprint density at radius 2 is 2.27 bits per heavy atom. The van der Waals surface area contributed by atoms with E-state index in [2.05, 4.69) is 11.2 Å². The number of hydrogen-bond acceptors (Lipinski definition) is 2. The minimum Gasteiger partial charge on any atom is -0.378 e. The van der Waals surface area contributed by atoms with Gasteiger partial charge in [-0.1, -0.05) is 6.92 Å². The molecule has 15 heavy (non-hydrogen) atoms. The first kappa shape index (κ1) is 11.9. The largest absolute Gasteiger partial charge is 0.378 e. The summed E-state index contributed by atoms with van der Waals surface area (Å²) in [6.07, 6.45) is 6.68. The van der Waals surface area contributed by atoms with Crippen LogP contribution in [0.2, 0.25) is 0 Å². The van der Waals surface area contributed by atoms with Crippen molar-refractivity contribution in [2.45, 2.75) is 25.8 Å². The van der Waals surface area contributed by atoms with E-state index in [0.29, 0.717) is 32.7 Å². The summed E-state index contributed by atoms with van der Waals surface area (Å²) in [5.41, 5.74) is 0. The first-order valence-electron chi connectivity index (χ1n) is 5.34. The van der Waals surface area contributed by atoms with Crippen LogP contribution in [0.5, 0.6) is 0 Å². The minimum absolute atomic E-state index is 0.0274. The van der Waals surface area contributed by atoms with Gasteiger partial charge in [0.25, 0.3) is 0 Å². The fraction of sp³-hybridized carbons (Fsp3) is 0.727. The van der Waals surface area contributed by atoms with Gasteiger partial charge in [0.1, 0.15) is 0 Å². The van der Waals surface area contributed by atoms with E-state index in [-0.39, 0.29) is 12.1 Å². The number of carbonyl (C=O) groups excluding carboxylic acids is 1. The zero-order valence-electron chi connectivity index (χ0n) is 9.16. The summed E-state index contributed by atoms with van der Waals surface area (Å²) in [5, 5.41) is 2.93. The van der Waals surface area contributed by atoms with E-state index in [0.717, 1.165) is 6.42 Å². The maximum absolute atomic E-state index is 11.7. The van der Waals surface area contributed by atoms with E-state index >= 15 is 0 Å². The van der Waals surface area contributed by atoms with Crippen LogP contribution < -0.4 is 5.32 Å². The quantitative estimate of drug-likeness (QED) is 0.701. The Labute approximate surface area is 91.0 Å². The van der Waals surface area contributed by atoms with Gasteiger partial charge in [0.05, 0.1) is 13.2 Å². The summed E-state index contributed by atoms with van der Waals surface area (Å²) >= 11 is 0. The Hall–Kier alpha value is -1.21. The molecule has 0 aromatic carbocycles. The molecule has 1 saturated heterocycles. The number of ether oxygens (including phenoxy) is 1. The molecule has 0 radical (unpaired) electrons. The van der Waals surface area contributed by atoms with Crippen molar-refractivity contribution in [1.82, 2.24) is 10.2 Å². The summed E-state index contributed by atoms with van der Waals surface area (Å²) in [6, 6.07) is 0.0609. The molecule has 0 aromatic rings. The number of terminal acetylenes is 1. The molecular formula is C11H18N2O2. The van der Waals surface area contributed by atoms with Gasteiger partial charge in [0.15, 0.2) is 0 Å². The van der Waals surface area contributed by atoms with Gasteiger partial charge < -0.3 is 15.0 Å². The maximum atomic E-state index is 11.7. The van der Waals surface area contributed by atoms with Crippen LogP contribution in [0.15, 0.2) is 0 Å². The lowest BCUT2D eigenvalue weighted by molar-refractivity contribution is 0.0525. The molecule has 84 valence electrons. The molecule has 1 heterocycles. The van der Waals surface area contributed by atoms with Crippen LogP contribution in [0.4, 0.5) is 4.79 Å². The van der Waals surface area contributed by atoms with Gasteiger partial charge in [-0.2, -0.15) is 0 Å². The molecule has 1 N–H and O–H groups in total. The van der Waals surface area contributed by atoms with Gasteiger partial charge in [-0.25, -0.2) is 4.79 Å². The van der Waals surface area contributed by atoms with Crippen molar-refractivity contribution in [3.05, 3.63) is 0 Å². The van der Waals surface area contributed by atoms with Gasteiger partial charge in [0.2, 0.25) is 0 Å². The van der Waals surface area contributed by atoms with Crippen molar-refractivity contribution in [2.75, 3.05) is 26.3 Å². The van der Waals surface area contributed by atoms with Crippen molar-refractivity contribution in [1.29, 1.82) is 0 Å². The van der Waals surface area contributed by atoms with Crippen molar-refractivity contribution < 1.29 is 9.53 Å². The van der Waals surface area contributed by atoms with Crippen molar-refractivity contribution in [2.24, 2.45) is 0 Å². The second-order valence-corrected chi connectivity index (χ2v) is 3.56. The molecule has 0 spiro atoms. The summed E-state index contributed by atoms with van der Waals surface area (Å²) in [5.74, 6) is 2.57. The van der Waals surface area contributed by atoms with Crippen molar-refractivity contribution in [3.8, 4) is 12.3 Å². The summed E-state index contributed by atoms with van der Waals surface area (Å²) in [7, 11) is 0. The number of amides is 2. The first-order valence-corrected chi connectivity index (χ1v) is 5.34. The molecule has 4 heteroatoms. The summed E-state index contributed by atoms with van der Waals surface area (Å²) < 4.78 is 5.17. The molecule has 0 aromatic heterocycles. The van der Waals surface area contributed by atoms with Crippen LogP contribution in [0.25, 0.3) is 0 Å². The third-order valence-corrected chi connectivity index (χ3v) is 2.48. The van der Waals surface area contributed by atoms with E-state index in [1.807, 2.05) is 6.92 Å². The molecule has 1 fully saturated rings. The summed E-state index contributed by atoms with van der Waals surface area (Å²) in [4.78, 5) is 13.5. The molecule has 1 unspecified atom stereocenters. The number of rotatable bonds is 3. The molecule has 2 amide bonds. The van der Waals surface area contributed by atoms with E-state index in [1.165, 1.54) is 0 Å². The first-order chi connectivity index (χ1) is 7.27. The Morgan fingerprint density at radius 3 is 2.80 bits per heavy atom. The predicted octanol–water partition coefficient (Wildman–Crippen LogP) is 0.830. The fourth-order valence-electron chi connectivity index (χ4n) is 1.47. The molecule has 1 aliphatic heterocycles. The zero-order chi connectivity index (χ0) is 11.1. The minimum atomic E-state index is -0.0274. The molecule has 0 bridgehead atoms. The Balaban J connectivity index is 2.35. The van der Waals surface area contributed by atoms with E-state index in [9.17, 15) is 4.79 Å². The molecular weight excluding hydrogens is 192 g/mol. The van der Waals surface area contributed by atoms with E-state index < -0.39 is 0 Å². The van der Waals surface area contributed by atoms with Crippen LogP contribution in [-0.2, 0) is 4.74 Å². The Morgan fingerprint density at radius 1 is 1.60 bits per heavy atom. The second-order valence-electron chi connectivity index (χ2n) is 3.56. The zero-order valence-corrected chi connectivity index (χ0v) is 9.16. The van der Waals surface area contributed by atoms with Gasteiger partial charge in [-0.05, 0) is 6.42 Å². The maximum Gasteiger partial charge on any atom is 0.317 e. The number of urea groups is 1. The molecule has 0 aliphatic carbocycles. The standard InChI is InChI=1S/C11H18N2O2/c1-3-5-10(4-2)12-11(14)13-6-8-15-9-7-13/h1,10H,4-9H2,2H3,(H,12,14). The number of morpholine rings is 1. The molecule has 1 rings (SSSR count). The number of nitrogens with zero attached hydrogens (tertiary/aromatic N) is 1. The van der Waals surface area contributed by atoms with Gasteiger partial charge in [-0.3, -0.25) is 0 Å². The monoisotopic (exact) mass is 210 g/mol. The fourth-order valence-corrected chi connectivity index (χ4v) is 1.47. The molecule has 1 atom stereocenters. The third kappa shape index (κ3) is 3.80. The highest BCUT2D eigenvalue weighted by atomic mass is 16.5. The van der Waals surface area contributed by atoms with Crippen LogP contribution in [0.3, 0.4) is 0 Å². The topological polar surface area (TPSA) is 41.6 Å². The normalized spacial score (nSPS) is 18.0. The van der Waals surface area contributed by atoms with E-state index in [4.69, 9.17) is 11.2 Å². The highest BCUT2D eigenvalue weighted by Gasteiger charge is 2.18. The molecule has 4 nitrogen and oxygen atoms in total. The lowest BCUT2D eigenvalue weighted by atomic mass is 10.1. The molecule has 0 saturated carbocycles. The SMILES string of the molecule is C#CCC(CC)NC(=O)N1CCOCC1. The average molecular weight is 210 g/mol. The smallest absolute Gasteiger partial charge is 0.317 e. The summed E-state index contributed by atoms with van der Waals surface area (Å²) in [6.45, 7) is 4.59. The Bertz CT molecular complexity index is 241. The lowest BCUT2D eigenvalue weighted by Crippen LogP contribution is -2.49. The average Bonchev–Trinajstić information content (AvgIpc) is 2.29. The van der Waals surface area contributed by atoms with Crippen LogP contribution >= 0.6 is 0 Å². The second kappa shape index (κ2) is 6.31. The third-order valence-electron chi connectivity index (χ3n) is 2.48. The number of hydrogen-bond donors (Lipinski definition) is 1. The van der Waals surface area contributed by atoms with Crippen LogP contribution in [0.1, 0.15) is 19.8 Å². The van der Waals surface area contributed by atoms with Crippen LogP contribution in [0, 0.1) is 12.3 Å². The highest BCUT2D eigenvalue weighted by molar-refractivity contribution is 5.74. The highest BCUT2D eigenvalue weighted by Crippen LogP contribution is 2.01. The van der Waals surface area contributed by atoms with Gasteiger partial charge >= 0.3 is 6.03 Å². The van der Waals surface area contributed by atoms with E-state index in [1.54, 1.807) is 4.90 Å². The van der Waals surface area contributed by atoms with Gasteiger partial charge in [0, 0.05) is 25.6 Å². The van der Waals surface area contributed by atoms with Crippen molar-refractivity contribution >= 4 is 6.03 Å². The van der Waals surface area contributed by atoms with Crippen molar-refractivity contribution in [3.63, 3.8) is 0 Å². The molecule has 1 aliphatic rings. The Kier molecular flexibility index (Phi) is 4.99.